The van der Waals surface area contributed by atoms with Gasteiger partial charge < -0.3 is 15.7 Å². The van der Waals surface area contributed by atoms with E-state index in [4.69, 9.17) is 5.11 Å². The second-order valence-electron chi connectivity index (χ2n) is 4.90. The zero-order valence-corrected chi connectivity index (χ0v) is 12.1. The van der Waals surface area contributed by atoms with Crippen LogP contribution in [0, 0.1) is 6.92 Å². The maximum atomic E-state index is 11.7. The molecule has 0 saturated carbocycles. The Morgan fingerprint density at radius 3 is 2.57 bits per heavy atom. The van der Waals surface area contributed by atoms with Crippen LogP contribution in [0.2, 0.25) is 0 Å². The molecule has 110 valence electrons. The second-order valence-corrected chi connectivity index (χ2v) is 4.90. The molecule has 0 spiro atoms. The Balaban J connectivity index is 1.92. The zero-order chi connectivity index (χ0) is 15.1. The summed E-state index contributed by atoms with van der Waals surface area (Å²) in [5, 5.41) is 14.6. The summed E-state index contributed by atoms with van der Waals surface area (Å²) in [6.07, 6.45) is 0. The first-order valence-corrected chi connectivity index (χ1v) is 6.97. The lowest BCUT2D eigenvalue weighted by Crippen LogP contribution is -2.26. The summed E-state index contributed by atoms with van der Waals surface area (Å²) in [5.74, 6) is -0.172. The molecule has 0 saturated heterocycles. The minimum Gasteiger partial charge on any atom is -0.395 e. The Bertz CT molecular complexity index is 594. The summed E-state index contributed by atoms with van der Waals surface area (Å²) in [5.41, 5.74) is 4.02. The van der Waals surface area contributed by atoms with Crippen molar-refractivity contribution in [1.29, 1.82) is 0 Å². The van der Waals surface area contributed by atoms with Crippen molar-refractivity contribution >= 4 is 11.6 Å². The van der Waals surface area contributed by atoms with Crippen molar-refractivity contribution in [3.05, 3.63) is 65.2 Å². The molecule has 0 aliphatic carbocycles. The number of amides is 1. The van der Waals surface area contributed by atoms with Crippen LogP contribution in [0.1, 0.15) is 21.5 Å². The molecule has 0 aliphatic rings. The molecule has 2 aromatic rings. The lowest BCUT2D eigenvalue weighted by atomic mass is 10.1. The molecule has 2 aromatic carbocycles. The van der Waals surface area contributed by atoms with E-state index in [1.807, 2.05) is 18.2 Å². The summed E-state index contributed by atoms with van der Waals surface area (Å²) in [7, 11) is 0. The molecule has 4 heteroatoms. The van der Waals surface area contributed by atoms with Crippen molar-refractivity contribution in [3.63, 3.8) is 0 Å². The number of carbonyl (C=O) groups is 1. The van der Waals surface area contributed by atoms with Gasteiger partial charge in [0.15, 0.2) is 0 Å². The number of nitrogens with one attached hydrogen (secondary N) is 2. The predicted octanol–water partition coefficient (Wildman–Crippen LogP) is 2.33. The van der Waals surface area contributed by atoms with Crippen LogP contribution in [0.4, 0.5) is 5.69 Å². The lowest BCUT2D eigenvalue weighted by Gasteiger charge is -2.08. The van der Waals surface area contributed by atoms with Gasteiger partial charge in [0.1, 0.15) is 0 Å². The quantitative estimate of drug-likeness (QED) is 0.763. The molecule has 0 atom stereocenters. The number of hydrogen-bond acceptors (Lipinski definition) is 3. The van der Waals surface area contributed by atoms with E-state index < -0.39 is 0 Å². The molecule has 3 N–H and O–H groups in total. The molecule has 0 radical (unpaired) electrons. The van der Waals surface area contributed by atoms with Crippen molar-refractivity contribution in [2.45, 2.75) is 13.5 Å². The smallest absolute Gasteiger partial charge is 0.251 e. The second kappa shape index (κ2) is 7.45. The maximum absolute atomic E-state index is 11.7. The van der Waals surface area contributed by atoms with Gasteiger partial charge in [0.05, 0.1) is 6.61 Å². The van der Waals surface area contributed by atoms with Gasteiger partial charge in [0.2, 0.25) is 0 Å². The van der Waals surface area contributed by atoms with Crippen LogP contribution in [0.25, 0.3) is 0 Å². The fourth-order valence-corrected chi connectivity index (χ4v) is 2.04. The van der Waals surface area contributed by atoms with Gasteiger partial charge in [0, 0.05) is 24.3 Å². The molecular weight excluding hydrogens is 264 g/mol. The van der Waals surface area contributed by atoms with E-state index in [1.165, 1.54) is 11.1 Å². The van der Waals surface area contributed by atoms with Crippen molar-refractivity contribution in [1.82, 2.24) is 5.32 Å². The van der Waals surface area contributed by atoms with Crippen molar-refractivity contribution < 1.29 is 9.90 Å². The first kappa shape index (κ1) is 15.1. The minimum atomic E-state index is -0.172. The highest BCUT2D eigenvalue weighted by Crippen LogP contribution is 2.12. The SMILES string of the molecule is Cc1cccc(CNc2ccc(C(=O)NCCO)cc2)c1. The van der Waals surface area contributed by atoms with E-state index >= 15 is 0 Å². The summed E-state index contributed by atoms with van der Waals surface area (Å²) in [6, 6.07) is 15.6. The van der Waals surface area contributed by atoms with E-state index in [9.17, 15) is 4.79 Å². The molecule has 0 fully saturated rings. The van der Waals surface area contributed by atoms with Crippen LogP contribution in [0.5, 0.6) is 0 Å². The average Bonchev–Trinajstić information content (AvgIpc) is 2.51. The van der Waals surface area contributed by atoms with Gasteiger partial charge in [-0.1, -0.05) is 29.8 Å². The highest BCUT2D eigenvalue weighted by atomic mass is 16.3. The highest BCUT2D eigenvalue weighted by Gasteiger charge is 2.04. The Morgan fingerprint density at radius 2 is 1.90 bits per heavy atom. The topological polar surface area (TPSA) is 61.4 Å². The van der Waals surface area contributed by atoms with Gasteiger partial charge in [-0.15, -0.1) is 0 Å². The number of aryl methyl sites for hydroxylation is 1. The molecule has 0 heterocycles. The average molecular weight is 284 g/mol. The molecular formula is C17H20N2O2. The summed E-state index contributed by atoms with van der Waals surface area (Å²) < 4.78 is 0. The molecule has 0 bridgehead atoms. The van der Waals surface area contributed by atoms with Gasteiger partial charge in [-0.3, -0.25) is 4.79 Å². The maximum Gasteiger partial charge on any atom is 0.251 e. The van der Waals surface area contributed by atoms with Gasteiger partial charge in [-0.25, -0.2) is 0 Å². The number of carbonyl (C=O) groups excluding carboxylic acids is 1. The van der Waals surface area contributed by atoms with Crippen molar-refractivity contribution in [2.75, 3.05) is 18.5 Å². The zero-order valence-electron chi connectivity index (χ0n) is 12.1. The predicted molar refractivity (Wildman–Crippen MR) is 84.4 cm³/mol. The third-order valence-electron chi connectivity index (χ3n) is 3.12. The van der Waals surface area contributed by atoms with Crippen LogP contribution in [0.15, 0.2) is 48.5 Å². The molecule has 0 aromatic heterocycles. The van der Waals surface area contributed by atoms with Gasteiger partial charge in [-0.2, -0.15) is 0 Å². The Morgan fingerprint density at radius 1 is 1.14 bits per heavy atom. The standard InChI is InChI=1S/C17H20N2O2/c1-13-3-2-4-14(11-13)12-19-16-7-5-15(6-8-16)17(21)18-9-10-20/h2-8,11,19-20H,9-10,12H2,1H3,(H,18,21). The van der Waals surface area contributed by atoms with Crippen LogP contribution in [-0.2, 0) is 6.54 Å². The first-order chi connectivity index (χ1) is 10.2. The van der Waals surface area contributed by atoms with E-state index in [-0.39, 0.29) is 19.1 Å². The van der Waals surface area contributed by atoms with E-state index in [2.05, 4.69) is 35.8 Å². The van der Waals surface area contributed by atoms with Gasteiger partial charge in [0.25, 0.3) is 5.91 Å². The Kier molecular flexibility index (Phi) is 5.35. The number of rotatable bonds is 6. The van der Waals surface area contributed by atoms with Crippen LogP contribution in [-0.4, -0.2) is 24.2 Å². The summed E-state index contributed by atoms with van der Waals surface area (Å²) in [4.78, 5) is 11.7. The molecule has 4 nitrogen and oxygen atoms in total. The van der Waals surface area contributed by atoms with Gasteiger partial charge in [-0.05, 0) is 36.8 Å². The van der Waals surface area contributed by atoms with Crippen molar-refractivity contribution in [2.24, 2.45) is 0 Å². The molecule has 1 amide bonds. The summed E-state index contributed by atoms with van der Waals surface area (Å²) >= 11 is 0. The van der Waals surface area contributed by atoms with Crippen LogP contribution >= 0.6 is 0 Å². The molecule has 0 unspecified atom stereocenters. The normalized spacial score (nSPS) is 10.2. The third kappa shape index (κ3) is 4.61. The van der Waals surface area contributed by atoms with E-state index in [1.54, 1.807) is 12.1 Å². The highest BCUT2D eigenvalue weighted by molar-refractivity contribution is 5.94. The Hall–Kier alpha value is -2.33. The summed E-state index contributed by atoms with van der Waals surface area (Å²) in [6.45, 7) is 3.04. The molecule has 21 heavy (non-hydrogen) atoms. The minimum absolute atomic E-state index is 0.0537. The first-order valence-electron chi connectivity index (χ1n) is 6.97. The number of hydrogen-bond donors (Lipinski definition) is 3. The number of aliphatic hydroxyl groups excluding tert-OH is 1. The monoisotopic (exact) mass is 284 g/mol. The van der Waals surface area contributed by atoms with E-state index in [0.29, 0.717) is 5.56 Å². The Labute approximate surface area is 124 Å². The number of anilines is 1. The molecule has 0 aliphatic heterocycles. The number of benzene rings is 2. The van der Waals surface area contributed by atoms with Gasteiger partial charge >= 0.3 is 0 Å². The third-order valence-corrected chi connectivity index (χ3v) is 3.12. The van der Waals surface area contributed by atoms with E-state index in [0.717, 1.165) is 12.2 Å². The van der Waals surface area contributed by atoms with Crippen LogP contribution in [0.3, 0.4) is 0 Å². The fraction of sp³-hybridized carbons (Fsp3) is 0.235. The number of aliphatic hydroxyl groups is 1. The molecule has 2 rings (SSSR count). The lowest BCUT2D eigenvalue weighted by molar-refractivity contribution is 0.0945. The van der Waals surface area contributed by atoms with Crippen molar-refractivity contribution in [3.8, 4) is 0 Å². The fourth-order valence-electron chi connectivity index (χ4n) is 2.04. The largest absolute Gasteiger partial charge is 0.395 e. The van der Waals surface area contributed by atoms with Crippen LogP contribution < -0.4 is 10.6 Å².